The van der Waals surface area contributed by atoms with Crippen molar-refractivity contribution in [3.8, 4) is 10.6 Å². The van der Waals surface area contributed by atoms with Crippen molar-refractivity contribution in [3.63, 3.8) is 0 Å². The zero-order chi connectivity index (χ0) is 11.8. The number of rotatable bonds is 1. The molecule has 0 saturated carbocycles. The summed E-state index contributed by atoms with van der Waals surface area (Å²) in [6.07, 6.45) is -4.31. The van der Waals surface area contributed by atoms with Crippen molar-refractivity contribution in [2.24, 2.45) is 0 Å². The first-order chi connectivity index (χ1) is 7.48. The van der Waals surface area contributed by atoms with E-state index in [0.29, 0.717) is 21.9 Å². The first-order valence-corrected chi connectivity index (χ1v) is 5.40. The number of nitrogens with zero attached hydrogens (tertiary/aromatic N) is 1. The minimum atomic E-state index is -4.31. The average molecular weight is 243 g/mol. The second kappa shape index (κ2) is 3.90. The van der Waals surface area contributed by atoms with Crippen molar-refractivity contribution < 1.29 is 13.2 Å². The monoisotopic (exact) mass is 243 g/mol. The van der Waals surface area contributed by atoms with Crippen LogP contribution in [0.5, 0.6) is 0 Å². The van der Waals surface area contributed by atoms with E-state index in [0.717, 1.165) is 0 Å². The van der Waals surface area contributed by atoms with Crippen LogP contribution in [0.3, 0.4) is 0 Å². The van der Waals surface area contributed by atoms with Crippen LogP contribution in [0.15, 0.2) is 30.3 Å². The van der Waals surface area contributed by atoms with Gasteiger partial charge in [-0.1, -0.05) is 30.3 Å². The minimum absolute atomic E-state index is 0.0383. The Labute approximate surface area is 94.6 Å². The fourth-order valence-electron chi connectivity index (χ4n) is 1.36. The first kappa shape index (κ1) is 11.1. The summed E-state index contributed by atoms with van der Waals surface area (Å²) in [6.45, 7) is 1.38. The van der Waals surface area contributed by atoms with E-state index >= 15 is 0 Å². The van der Waals surface area contributed by atoms with Gasteiger partial charge in [-0.25, -0.2) is 4.98 Å². The molecule has 0 aliphatic carbocycles. The molecule has 0 N–H and O–H groups in total. The van der Waals surface area contributed by atoms with Gasteiger partial charge in [-0.3, -0.25) is 0 Å². The highest BCUT2D eigenvalue weighted by Crippen LogP contribution is 2.38. The molecule has 0 aliphatic heterocycles. The van der Waals surface area contributed by atoms with Gasteiger partial charge in [-0.2, -0.15) is 13.2 Å². The van der Waals surface area contributed by atoms with Crippen molar-refractivity contribution in [3.05, 3.63) is 40.9 Å². The molecule has 0 fully saturated rings. The second-order valence-electron chi connectivity index (χ2n) is 3.30. The molecule has 0 aliphatic rings. The zero-order valence-corrected chi connectivity index (χ0v) is 9.19. The fourth-order valence-corrected chi connectivity index (χ4v) is 2.30. The third kappa shape index (κ3) is 2.09. The molecule has 0 spiro atoms. The summed E-state index contributed by atoms with van der Waals surface area (Å²) in [5, 5.41) is 0.408. The molecular formula is C11H8F3NS. The molecule has 1 heterocycles. The van der Waals surface area contributed by atoms with E-state index in [1.165, 1.54) is 6.92 Å². The van der Waals surface area contributed by atoms with E-state index in [1.54, 1.807) is 24.3 Å². The highest BCUT2D eigenvalue weighted by molar-refractivity contribution is 7.15. The smallest absolute Gasteiger partial charge is 0.241 e. The number of hydrogen-bond donors (Lipinski definition) is 0. The van der Waals surface area contributed by atoms with E-state index in [-0.39, 0.29) is 5.69 Å². The van der Waals surface area contributed by atoms with Crippen LogP contribution in [0.1, 0.15) is 10.6 Å². The Bertz CT molecular complexity index is 488. The van der Waals surface area contributed by atoms with Gasteiger partial charge in [-0.05, 0) is 6.92 Å². The van der Waals surface area contributed by atoms with Crippen molar-refractivity contribution in [2.75, 3.05) is 0 Å². The van der Waals surface area contributed by atoms with Crippen molar-refractivity contribution in [2.45, 2.75) is 13.1 Å². The molecule has 0 radical (unpaired) electrons. The number of alkyl halides is 3. The van der Waals surface area contributed by atoms with Crippen LogP contribution in [-0.2, 0) is 6.18 Å². The number of aryl methyl sites for hydroxylation is 1. The maximum Gasteiger partial charge on any atom is 0.427 e. The quantitative estimate of drug-likeness (QED) is 0.733. The molecule has 16 heavy (non-hydrogen) atoms. The molecule has 0 unspecified atom stereocenters. The van der Waals surface area contributed by atoms with Crippen LogP contribution in [0.25, 0.3) is 10.6 Å². The topological polar surface area (TPSA) is 12.9 Å². The Hall–Kier alpha value is -1.36. The normalized spacial score (nSPS) is 11.8. The van der Waals surface area contributed by atoms with Gasteiger partial charge in [0.2, 0.25) is 0 Å². The van der Waals surface area contributed by atoms with Gasteiger partial charge in [-0.15, -0.1) is 11.3 Å². The summed E-state index contributed by atoms with van der Waals surface area (Å²) in [5.41, 5.74) is 0.752. The van der Waals surface area contributed by atoms with Gasteiger partial charge in [0, 0.05) is 5.56 Å². The largest absolute Gasteiger partial charge is 0.427 e. The molecule has 84 valence electrons. The maximum atomic E-state index is 12.5. The molecule has 1 aromatic carbocycles. The average Bonchev–Trinajstić information content (AvgIpc) is 2.61. The summed E-state index contributed by atoms with van der Waals surface area (Å²) < 4.78 is 37.6. The minimum Gasteiger partial charge on any atom is -0.241 e. The Morgan fingerprint density at radius 2 is 1.75 bits per heavy atom. The molecule has 2 rings (SSSR count). The Morgan fingerprint density at radius 1 is 1.12 bits per heavy atom. The van der Waals surface area contributed by atoms with Gasteiger partial charge >= 0.3 is 6.18 Å². The lowest BCUT2D eigenvalue weighted by molar-refractivity contribution is -0.134. The van der Waals surface area contributed by atoms with E-state index in [1.807, 2.05) is 6.07 Å². The second-order valence-corrected chi connectivity index (χ2v) is 4.30. The van der Waals surface area contributed by atoms with Gasteiger partial charge in [0.25, 0.3) is 0 Å². The van der Waals surface area contributed by atoms with Crippen molar-refractivity contribution >= 4 is 11.3 Å². The van der Waals surface area contributed by atoms with Crippen molar-refractivity contribution in [1.29, 1.82) is 0 Å². The molecule has 0 atom stereocenters. The Morgan fingerprint density at radius 3 is 2.25 bits per heavy atom. The van der Waals surface area contributed by atoms with Crippen LogP contribution in [-0.4, -0.2) is 4.98 Å². The first-order valence-electron chi connectivity index (χ1n) is 4.58. The van der Waals surface area contributed by atoms with Crippen LogP contribution in [0, 0.1) is 6.92 Å². The number of hydrogen-bond acceptors (Lipinski definition) is 2. The summed E-state index contributed by atoms with van der Waals surface area (Å²) in [5.74, 6) is 0. The van der Waals surface area contributed by atoms with E-state index in [2.05, 4.69) is 4.98 Å². The van der Waals surface area contributed by atoms with Gasteiger partial charge in [0.15, 0.2) is 0 Å². The molecule has 0 amide bonds. The summed E-state index contributed by atoms with van der Waals surface area (Å²) in [7, 11) is 0. The molecule has 1 nitrogen and oxygen atoms in total. The fraction of sp³-hybridized carbons (Fsp3) is 0.182. The summed E-state index contributed by atoms with van der Waals surface area (Å²) in [6, 6.07) is 8.87. The van der Waals surface area contributed by atoms with E-state index in [9.17, 15) is 13.2 Å². The third-order valence-corrected chi connectivity index (χ3v) is 3.33. The molecule has 0 bridgehead atoms. The van der Waals surface area contributed by atoms with E-state index in [4.69, 9.17) is 0 Å². The highest BCUT2D eigenvalue weighted by Gasteiger charge is 2.35. The lowest BCUT2D eigenvalue weighted by Crippen LogP contribution is -2.03. The summed E-state index contributed by atoms with van der Waals surface area (Å²) >= 11 is 0.683. The SMILES string of the molecule is Cc1nc(-c2ccccc2)sc1C(F)(F)F. The van der Waals surface area contributed by atoms with Gasteiger partial charge < -0.3 is 0 Å². The summed E-state index contributed by atoms with van der Waals surface area (Å²) in [4.78, 5) is 3.33. The number of aromatic nitrogens is 1. The van der Waals surface area contributed by atoms with E-state index < -0.39 is 11.1 Å². The van der Waals surface area contributed by atoms with Crippen LogP contribution < -0.4 is 0 Å². The van der Waals surface area contributed by atoms with Crippen LogP contribution in [0.4, 0.5) is 13.2 Å². The molecule has 2 aromatic rings. The zero-order valence-electron chi connectivity index (χ0n) is 8.38. The standard InChI is InChI=1S/C11H8F3NS/c1-7-9(11(12,13)14)16-10(15-7)8-5-3-2-4-6-8/h2-6H,1H3. The van der Waals surface area contributed by atoms with Gasteiger partial charge in [0.1, 0.15) is 9.88 Å². The van der Waals surface area contributed by atoms with Crippen LogP contribution in [0.2, 0.25) is 0 Å². The lowest BCUT2D eigenvalue weighted by Gasteiger charge is -2.01. The molecule has 0 saturated heterocycles. The molecule has 5 heteroatoms. The van der Waals surface area contributed by atoms with Gasteiger partial charge in [0.05, 0.1) is 5.69 Å². The maximum absolute atomic E-state index is 12.5. The Balaban J connectivity index is 2.47. The number of halogens is 3. The number of thiazole rings is 1. The predicted octanol–water partition coefficient (Wildman–Crippen LogP) is 4.14. The molecular weight excluding hydrogens is 235 g/mol. The van der Waals surface area contributed by atoms with Crippen molar-refractivity contribution in [1.82, 2.24) is 4.98 Å². The van der Waals surface area contributed by atoms with Crippen LogP contribution >= 0.6 is 11.3 Å². The lowest BCUT2D eigenvalue weighted by atomic mass is 10.2. The predicted molar refractivity (Wildman–Crippen MR) is 57.3 cm³/mol. The highest BCUT2D eigenvalue weighted by atomic mass is 32.1. The third-order valence-electron chi connectivity index (χ3n) is 2.07. The Kier molecular flexibility index (Phi) is 2.71. The number of benzene rings is 1. The molecule has 1 aromatic heterocycles.